The molecule has 1 aromatic rings. The van der Waals surface area contributed by atoms with E-state index in [1.54, 1.807) is 24.0 Å². The SMILES string of the molecule is COc1ccc(Br)cc1CN(C)C(=O)CN1CCSC1=O. The summed E-state index contributed by atoms with van der Waals surface area (Å²) in [5.74, 6) is 1.42. The predicted octanol–water partition coefficient (Wildman–Crippen LogP) is 2.58. The summed E-state index contributed by atoms with van der Waals surface area (Å²) in [6.07, 6.45) is 0. The number of benzene rings is 1. The number of amides is 2. The van der Waals surface area contributed by atoms with Gasteiger partial charge >= 0.3 is 0 Å². The van der Waals surface area contributed by atoms with Crippen molar-refractivity contribution in [1.29, 1.82) is 0 Å². The molecule has 0 aliphatic carbocycles. The zero-order chi connectivity index (χ0) is 15.4. The minimum absolute atomic E-state index is 0.0169. The molecule has 5 nitrogen and oxygen atoms in total. The fraction of sp³-hybridized carbons (Fsp3) is 0.429. The molecule has 2 amide bonds. The molecule has 0 aromatic heterocycles. The Morgan fingerprint density at radius 2 is 2.29 bits per heavy atom. The molecule has 1 aliphatic rings. The van der Waals surface area contributed by atoms with Crippen LogP contribution in [0.2, 0.25) is 0 Å². The molecule has 1 aliphatic heterocycles. The molecule has 0 saturated carbocycles. The van der Waals surface area contributed by atoms with Gasteiger partial charge in [0.1, 0.15) is 12.3 Å². The maximum atomic E-state index is 12.2. The molecule has 21 heavy (non-hydrogen) atoms. The number of carbonyl (C=O) groups is 2. The second-order valence-electron chi connectivity index (χ2n) is 4.74. The first-order valence-electron chi connectivity index (χ1n) is 6.49. The van der Waals surface area contributed by atoms with Gasteiger partial charge in [0.05, 0.1) is 7.11 Å². The van der Waals surface area contributed by atoms with E-state index in [4.69, 9.17) is 4.74 Å². The summed E-state index contributed by atoms with van der Waals surface area (Å²) in [5, 5.41) is -0.0169. The Kier molecular flexibility index (Phi) is 5.52. The van der Waals surface area contributed by atoms with Crippen LogP contribution in [0, 0.1) is 0 Å². The summed E-state index contributed by atoms with van der Waals surface area (Å²) in [4.78, 5) is 26.9. The third-order valence-corrected chi connectivity index (χ3v) is 4.63. The highest BCUT2D eigenvalue weighted by atomic mass is 79.9. The van der Waals surface area contributed by atoms with Crippen LogP contribution in [0.3, 0.4) is 0 Å². The zero-order valence-corrected chi connectivity index (χ0v) is 14.4. The normalized spacial score (nSPS) is 14.4. The molecular weight excluding hydrogens is 356 g/mol. The fourth-order valence-electron chi connectivity index (χ4n) is 2.07. The van der Waals surface area contributed by atoms with Gasteiger partial charge < -0.3 is 14.5 Å². The Labute approximate surface area is 136 Å². The highest BCUT2D eigenvalue weighted by Crippen LogP contribution is 2.24. The molecule has 0 N–H and O–H groups in total. The predicted molar refractivity (Wildman–Crippen MR) is 86.6 cm³/mol. The number of thioether (sulfide) groups is 1. The van der Waals surface area contributed by atoms with Gasteiger partial charge in [-0.3, -0.25) is 9.59 Å². The summed E-state index contributed by atoms with van der Waals surface area (Å²) < 4.78 is 6.24. The van der Waals surface area contributed by atoms with Crippen molar-refractivity contribution in [2.24, 2.45) is 0 Å². The quantitative estimate of drug-likeness (QED) is 0.796. The van der Waals surface area contributed by atoms with Crippen molar-refractivity contribution in [3.05, 3.63) is 28.2 Å². The molecule has 1 heterocycles. The lowest BCUT2D eigenvalue weighted by Gasteiger charge is -2.22. The van der Waals surface area contributed by atoms with Crippen LogP contribution < -0.4 is 4.74 Å². The standard InChI is InChI=1S/C14H17BrN2O3S/c1-16(13(18)9-17-5-6-21-14(17)19)8-10-7-11(15)3-4-12(10)20-2/h3-4,7H,5-6,8-9H2,1-2H3. The Morgan fingerprint density at radius 1 is 1.52 bits per heavy atom. The van der Waals surface area contributed by atoms with Crippen LogP contribution in [-0.2, 0) is 11.3 Å². The number of halogens is 1. The van der Waals surface area contributed by atoms with E-state index in [0.717, 1.165) is 21.5 Å². The Hall–Kier alpha value is -1.21. The monoisotopic (exact) mass is 372 g/mol. The molecule has 0 unspecified atom stereocenters. The third-order valence-electron chi connectivity index (χ3n) is 3.25. The van der Waals surface area contributed by atoms with Gasteiger partial charge in [0.25, 0.3) is 5.24 Å². The topological polar surface area (TPSA) is 49.9 Å². The molecule has 7 heteroatoms. The van der Waals surface area contributed by atoms with E-state index in [1.807, 2.05) is 18.2 Å². The van der Waals surface area contributed by atoms with E-state index in [2.05, 4.69) is 15.9 Å². The molecule has 0 radical (unpaired) electrons. The summed E-state index contributed by atoms with van der Waals surface area (Å²) in [7, 11) is 3.34. The van der Waals surface area contributed by atoms with Gasteiger partial charge in [0.2, 0.25) is 5.91 Å². The second kappa shape index (κ2) is 7.17. The molecule has 0 spiro atoms. The minimum atomic E-state index is -0.0760. The zero-order valence-electron chi connectivity index (χ0n) is 12.0. The molecule has 2 rings (SSSR count). The van der Waals surface area contributed by atoms with Crippen LogP contribution >= 0.6 is 27.7 Å². The number of likely N-dealkylation sites (N-methyl/N-ethyl adjacent to an activating group) is 1. The molecule has 1 saturated heterocycles. The van der Waals surface area contributed by atoms with Gasteiger partial charge in [0.15, 0.2) is 0 Å². The first-order chi connectivity index (χ1) is 10.0. The fourth-order valence-corrected chi connectivity index (χ4v) is 3.30. The maximum Gasteiger partial charge on any atom is 0.282 e. The summed E-state index contributed by atoms with van der Waals surface area (Å²) in [6.45, 7) is 1.22. The van der Waals surface area contributed by atoms with Crippen LogP contribution in [-0.4, -0.2) is 53.9 Å². The van der Waals surface area contributed by atoms with E-state index >= 15 is 0 Å². The summed E-state index contributed by atoms with van der Waals surface area (Å²) >= 11 is 4.68. The maximum absolute atomic E-state index is 12.2. The van der Waals surface area contributed by atoms with E-state index in [0.29, 0.717) is 13.1 Å². The number of hydrogen-bond donors (Lipinski definition) is 0. The number of nitrogens with zero attached hydrogens (tertiary/aromatic N) is 2. The molecule has 0 atom stereocenters. The average Bonchev–Trinajstić information content (AvgIpc) is 2.84. The Morgan fingerprint density at radius 3 is 2.90 bits per heavy atom. The van der Waals surface area contributed by atoms with Crippen molar-refractivity contribution < 1.29 is 14.3 Å². The van der Waals surface area contributed by atoms with Crippen LogP contribution in [0.5, 0.6) is 5.75 Å². The molecular formula is C14H17BrN2O3S. The lowest BCUT2D eigenvalue weighted by molar-refractivity contribution is -0.130. The van der Waals surface area contributed by atoms with Crippen LogP contribution in [0.1, 0.15) is 5.56 Å². The number of hydrogen-bond acceptors (Lipinski definition) is 4. The highest BCUT2D eigenvalue weighted by Gasteiger charge is 2.24. The van der Waals surface area contributed by atoms with Crippen molar-refractivity contribution >= 4 is 38.8 Å². The number of rotatable bonds is 5. The molecule has 0 bridgehead atoms. The van der Waals surface area contributed by atoms with E-state index < -0.39 is 0 Å². The van der Waals surface area contributed by atoms with Crippen molar-refractivity contribution in [2.45, 2.75) is 6.54 Å². The van der Waals surface area contributed by atoms with E-state index in [9.17, 15) is 9.59 Å². The summed E-state index contributed by atoms with van der Waals surface area (Å²) in [5.41, 5.74) is 0.921. The van der Waals surface area contributed by atoms with Gasteiger partial charge in [-0.1, -0.05) is 27.7 Å². The lowest BCUT2D eigenvalue weighted by Crippen LogP contribution is -2.38. The van der Waals surface area contributed by atoms with Gasteiger partial charge in [-0.2, -0.15) is 0 Å². The van der Waals surface area contributed by atoms with Crippen molar-refractivity contribution in [1.82, 2.24) is 9.80 Å². The minimum Gasteiger partial charge on any atom is -0.496 e. The van der Waals surface area contributed by atoms with Gasteiger partial charge in [-0.15, -0.1) is 0 Å². The van der Waals surface area contributed by atoms with Crippen LogP contribution in [0.25, 0.3) is 0 Å². The molecule has 114 valence electrons. The van der Waals surface area contributed by atoms with Gasteiger partial charge in [0, 0.05) is 35.9 Å². The van der Waals surface area contributed by atoms with E-state index in [-0.39, 0.29) is 17.7 Å². The first-order valence-corrected chi connectivity index (χ1v) is 8.27. The number of carbonyl (C=O) groups excluding carboxylic acids is 2. The summed E-state index contributed by atoms with van der Waals surface area (Å²) in [6, 6.07) is 5.68. The average molecular weight is 373 g/mol. The number of methoxy groups -OCH3 is 1. The van der Waals surface area contributed by atoms with Crippen molar-refractivity contribution in [3.63, 3.8) is 0 Å². The number of ether oxygens (including phenoxy) is 1. The first kappa shape index (κ1) is 16.2. The largest absolute Gasteiger partial charge is 0.496 e. The lowest BCUT2D eigenvalue weighted by atomic mass is 10.2. The van der Waals surface area contributed by atoms with Crippen molar-refractivity contribution in [3.8, 4) is 5.75 Å². The third kappa shape index (κ3) is 4.14. The van der Waals surface area contributed by atoms with Crippen LogP contribution in [0.4, 0.5) is 4.79 Å². The molecule has 1 aromatic carbocycles. The van der Waals surface area contributed by atoms with Gasteiger partial charge in [-0.05, 0) is 18.2 Å². The van der Waals surface area contributed by atoms with Crippen LogP contribution in [0.15, 0.2) is 22.7 Å². The Bertz CT molecular complexity index is 553. The second-order valence-corrected chi connectivity index (χ2v) is 6.70. The molecule has 1 fully saturated rings. The Balaban J connectivity index is 2.00. The van der Waals surface area contributed by atoms with E-state index in [1.165, 1.54) is 11.8 Å². The van der Waals surface area contributed by atoms with Crippen molar-refractivity contribution in [2.75, 3.05) is 33.0 Å². The van der Waals surface area contributed by atoms with Gasteiger partial charge in [-0.25, -0.2) is 0 Å². The highest BCUT2D eigenvalue weighted by molar-refractivity contribution is 9.10. The smallest absolute Gasteiger partial charge is 0.282 e.